The van der Waals surface area contributed by atoms with Gasteiger partial charge >= 0.3 is 0 Å². The van der Waals surface area contributed by atoms with Gasteiger partial charge in [0.05, 0.1) is 31.3 Å². The molecular weight excluding hydrogens is 452 g/mol. The van der Waals surface area contributed by atoms with Crippen LogP contribution in [0.4, 0.5) is 0 Å². The molecule has 1 unspecified atom stereocenters. The number of amides is 1. The Morgan fingerprint density at radius 1 is 1.14 bits per heavy atom. The van der Waals surface area contributed by atoms with E-state index < -0.39 is 23.5 Å². The third-order valence-electron chi connectivity index (χ3n) is 5.69. The fourth-order valence-corrected chi connectivity index (χ4v) is 4.09. The summed E-state index contributed by atoms with van der Waals surface area (Å²) in [7, 11) is 0. The van der Waals surface area contributed by atoms with Gasteiger partial charge in [0.1, 0.15) is 0 Å². The molecule has 0 fully saturated rings. The topological polar surface area (TPSA) is 165 Å². The number of nitrogens with one attached hydrogen (secondary N) is 3. The zero-order valence-corrected chi connectivity index (χ0v) is 21.5. The first kappa shape index (κ1) is 30.4. The molecule has 1 heterocycles. The van der Waals surface area contributed by atoms with E-state index in [0.717, 1.165) is 10.9 Å². The van der Waals surface area contributed by atoms with Gasteiger partial charge in [-0.1, -0.05) is 52.4 Å². The van der Waals surface area contributed by atoms with E-state index in [1.165, 1.54) is 13.0 Å². The quantitative estimate of drug-likeness (QED) is 0.282. The minimum absolute atomic E-state index is 0. The van der Waals surface area contributed by atoms with Crippen molar-refractivity contribution >= 4 is 22.6 Å². The van der Waals surface area contributed by atoms with E-state index in [4.69, 9.17) is 14.8 Å². The average molecular weight is 493 g/mol. The Kier molecular flexibility index (Phi) is 11.7. The molecule has 0 aliphatic carbocycles. The van der Waals surface area contributed by atoms with E-state index in [1.807, 2.05) is 46.8 Å². The van der Waals surface area contributed by atoms with Crippen molar-refractivity contribution in [1.82, 2.24) is 22.1 Å². The van der Waals surface area contributed by atoms with Crippen LogP contribution in [0, 0.1) is 17.3 Å². The Balaban J connectivity index is 0.00000612. The van der Waals surface area contributed by atoms with Gasteiger partial charge in [-0.3, -0.25) is 24.4 Å². The Hall–Kier alpha value is -2.63. The number of ketones is 1. The molecule has 10 heteroatoms. The van der Waals surface area contributed by atoms with Crippen LogP contribution in [-0.4, -0.2) is 40.6 Å². The number of carbonyl (C=O) groups is 2. The Labute approximate surface area is 206 Å². The molecule has 35 heavy (non-hydrogen) atoms. The van der Waals surface area contributed by atoms with E-state index >= 15 is 0 Å². The molecule has 0 bridgehead atoms. The molecule has 1 amide bonds. The lowest BCUT2D eigenvalue weighted by molar-refractivity contribution is -0.170. The minimum Gasteiger partial charge on any atom is -0.370 e. The van der Waals surface area contributed by atoms with Gasteiger partial charge in [0.15, 0.2) is 5.78 Å². The predicted molar refractivity (Wildman–Crippen MR) is 134 cm³/mol. The number of hydrogen-bond acceptors (Lipinski definition) is 8. The highest BCUT2D eigenvalue weighted by atomic mass is 16.8. The Bertz CT molecular complexity index is 1030. The molecule has 3 atom stereocenters. The summed E-state index contributed by atoms with van der Waals surface area (Å²) in [5.74, 6) is -0.901. The highest BCUT2D eigenvalue weighted by Crippen LogP contribution is 2.25. The number of pyridine rings is 1. The summed E-state index contributed by atoms with van der Waals surface area (Å²) < 4.78 is 6.17. The summed E-state index contributed by atoms with van der Waals surface area (Å²) in [6, 6.07) is 8.03. The molecule has 0 spiro atoms. The van der Waals surface area contributed by atoms with Crippen LogP contribution < -0.4 is 22.7 Å². The first-order chi connectivity index (χ1) is 15.9. The number of benzene rings is 1. The number of ether oxygens (including phenoxy) is 1. The standard InChI is InChI=1S/C25H37N3O6.H3N/c1-15(2)12-19(24(31)27-23(16(3)29)25(4,5)6)21(14-34-28-32)33-13-17-8-7-9-20-18(17)10-11-22(30)26-20;/h7-11,15,19,21,23,28,32H,12-14H2,1-6H3,(H,26,30)(H,27,31);1H3/t19-,21?,23-;/m1./s1. The molecule has 0 aliphatic rings. The zero-order valence-electron chi connectivity index (χ0n) is 21.5. The van der Waals surface area contributed by atoms with Crippen molar-refractivity contribution in [3.8, 4) is 0 Å². The summed E-state index contributed by atoms with van der Waals surface area (Å²) in [4.78, 5) is 45.1. The average Bonchev–Trinajstić information content (AvgIpc) is 2.74. The third-order valence-corrected chi connectivity index (χ3v) is 5.69. The first-order valence-corrected chi connectivity index (χ1v) is 11.5. The highest BCUT2D eigenvalue weighted by molar-refractivity contribution is 5.89. The van der Waals surface area contributed by atoms with Crippen molar-refractivity contribution in [3.63, 3.8) is 0 Å². The summed E-state index contributed by atoms with van der Waals surface area (Å²) in [5, 5.41) is 12.7. The van der Waals surface area contributed by atoms with Crippen LogP contribution in [0.15, 0.2) is 35.1 Å². The number of hydrogen-bond donors (Lipinski definition) is 5. The first-order valence-electron chi connectivity index (χ1n) is 11.5. The maximum atomic E-state index is 13.4. The van der Waals surface area contributed by atoms with Gasteiger partial charge in [-0.05, 0) is 42.4 Å². The Morgan fingerprint density at radius 2 is 1.83 bits per heavy atom. The number of H-pyrrole nitrogens is 1. The van der Waals surface area contributed by atoms with Gasteiger partial charge in [-0.2, -0.15) is 0 Å². The molecule has 10 nitrogen and oxygen atoms in total. The van der Waals surface area contributed by atoms with Gasteiger partial charge in [-0.15, -0.1) is 0 Å². The largest absolute Gasteiger partial charge is 0.370 e. The molecule has 1 aromatic heterocycles. The molecule has 0 saturated heterocycles. The minimum atomic E-state index is -0.715. The van der Waals surface area contributed by atoms with Gasteiger partial charge in [0.25, 0.3) is 0 Å². The summed E-state index contributed by atoms with van der Waals surface area (Å²) >= 11 is 0. The maximum Gasteiger partial charge on any atom is 0.248 e. The van der Waals surface area contributed by atoms with Crippen LogP contribution in [0.1, 0.15) is 53.5 Å². The van der Waals surface area contributed by atoms with Crippen LogP contribution in [-0.2, 0) is 25.8 Å². The van der Waals surface area contributed by atoms with Crippen molar-refractivity contribution in [2.24, 2.45) is 17.3 Å². The van der Waals surface area contributed by atoms with E-state index in [9.17, 15) is 14.4 Å². The molecule has 2 aromatic rings. The SMILES string of the molecule is CC(=O)[C@@H](NC(=O)[C@H](CC(C)C)C(CONO)OCc1cccc2[nH]c(=O)ccc12)C(C)(C)C.N. The van der Waals surface area contributed by atoms with Crippen molar-refractivity contribution in [1.29, 1.82) is 0 Å². The summed E-state index contributed by atoms with van der Waals surface area (Å²) in [5.41, 5.74) is 2.52. The monoisotopic (exact) mass is 492 g/mol. The molecule has 0 radical (unpaired) electrons. The van der Waals surface area contributed by atoms with E-state index in [2.05, 4.69) is 10.3 Å². The number of carbonyl (C=O) groups excluding carboxylic acids is 2. The van der Waals surface area contributed by atoms with Crippen molar-refractivity contribution in [3.05, 3.63) is 46.2 Å². The fraction of sp³-hybridized carbons (Fsp3) is 0.560. The van der Waals surface area contributed by atoms with Crippen LogP contribution in [0.5, 0.6) is 0 Å². The van der Waals surface area contributed by atoms with Crippen molar-refractivity contribution in [2.45, 2.75) is 66.7 Å². The van der Waals surface area contributed by atoms with Crippen LogP contribution in [0.3, 0.4) is 0 Å². The summed E-state index contributed by atoms with van der Waals surface area (Å²) in [6.45, 7) is 11.2. The molecule has 7 N–H and O–H groups in total. The van der Waals surface area contributed by atoms with Crippen LogP contribution in [0.25, 0.3) is 10.9 Å². The van der Waals surface area contributed by atoms with E-state index in [1.54, 1.807) is 17.8 Å². The lowest BCUT2D eigenvalue weighted by atomic mass is 9.83. The van der Waals surface area contributed by atoms with Crippen molar-refractivity contribution in [2.75, 3.05) is 6.61 Å². The van der Waals surface area contributed by atoms with Gasteiger partial charge in [0.2, 0.25) is 11.5 Å². The number of aromatic nitrogens is 1. The van der Waals surface area contributed by atoms with Gasteiger partial charge in [-0.25, -0.2) is 0 Å². The van der Waals surface area contributed by atoms with Crippen LogP contribution >= 0.6 is 0 Å². The summed E-state index contributed by atoms with van der Waals surface area (Å²) in [6.07, 6.45) is -0.226. The van der Waals surface area contributed by atoms with E-state index in [0.29, 0.717) is 11.9 Å². The number of rotatable bonds is 12. The zero-order chi connectivity index (χ0) is 25.5. The molecule has 1 aromatic carbocycles. The van der Waals surface area contributed by atoms with E-state index in [-0.39, 0.29) is 42.5 Å². The third kappa shape index (κ3) is 8.83. The second-order valence-electron chi connectivity index (χ2n) is 10.1. The fourth-order valence-electron chi connectivity index (χ4n) is 4.09. The maximum absolute atomic E-state index is 13.4. The predicted octanol–water partition coefficient (Wildman–Crippen LogP) is 3.27. The smallest absolute Gasteiger partial charge is 0.248 e. The number of fused-ring (bicyclic) bond motifs is 1. The lowest BCUT2D eigenvalue weighted by Crippen LogP contribution is -2.52. The van der Waals surface area contributed by atoms with Gasteiger partial charge in [0, 0.05) is 17.0 Å². The van der Waals surface area contributed by atoms with Crippen molar-refractivity contribution < 1.29 is 24.4 Å². The van der Waals surface area contributed by atoms with Crippen LogP contribution in [0.2, 0.25) is 0 Å². The molecule has 2 rings (SSSR count). The van der Waals surface area contributed by atoms with Gasteiger partial charge < -0.3 is 21.2 Å². The normalized spacial score (nSPS) is 14.3. The molecular formula is C25H40N4O6. The molecule has 0 saturated carbocycles. The Morgan fingerprint density at radius 3 is 2.40 bits per heavy atom. The number of Topliss-reactive ketones (excluding diaryl/α,β-unsaturated/α-hetero) is 1. The second kappa shape index (κ2) is 13.5. The lowest BCUT2D eigenvalue weighted by Gasteiger charge is -2.33. The number of aromatic amines is 1. The molecule has 0 aliphatic heterocycles. The second-order valence-corrected chi connectivity index (χ2v) is 10.1. The molecule has 196 valence electrons. The highest BCUT2D eigenvalue weighted by Gasteiger charge is 2.36.